The number of alkyl halides is 3. The predicted octanol–water partition coefficient (Wildman–Crippen LogP) is 4.58. The summed E-state index contributed by atoms with van der Waals surface area (Å²) < 4.78 is 44.5. The van der Waals surface area contributed by atoms with Gasteiger partial charge in [0.05, 0.1) is 12.2 Å². The lowest BCUT2D eigenvalue weighted by Crippen LogP contribution is -2.46. The number of pyridine rings is 1. The van der Waals surface area contributed by atoms with Gasteiger partial charge in [-0.1, -0.05) is 27.2 Å². The highest BCUT2D eigenvalue weighted by atomic mass is 19.4. The van der Waals surface area contributed by atoms with Gasteiger partial charge < -0.3 is 15.0 Å². The van der Waals surface area contributed by atoms with Gasteiger partial charge in [0.15, 0.2) is 0 Å². The Morgan fingerprint density at radius 2 is 2.03 bits per heavy atom. The summed E-state index contributed by atoms with van der Waals surface area (Å²) in [5, 5.41) is 3.71. The van der Waals surface area contributed by atoms with E-state index in [0.29, 0.717) is 42.2 Å². The Balaban J connectivity index is 0.000000913. The van der Waals surface area contributed by atoms with E-state index in [-0.39, 0.29) is 18.4 Å². The Labute approximate surface area is 189 Å². The van der Waals surface area contributed by atoms with Gasteiger partial charge in [0.2, 0.25) is 5.91 Å². The average molecular weight is 456 g/mol. The van der Waals surface area contributed by atoms with Crippen LogP contribution in [0.4, 0.5) is 13.2 Å². The maximum atomic E-state index is 13.0. The molecular weight excluding hydrogens is 419 g/mol. The monoisotopic (exact) mass is 455 g/mol. The zero-order chi connectivity index (χ0) is 23.3. The van der Waals surface area contributed by atoms with Gasteiger partial charge in [-0.05, 0) is 43.2 Å². The van der Waals surface area contributed by atoms with Crippen LogP contribution in [-0.4, -0.2) is 47.6 Å². The highest BCUT2D eigenvalue weighted by molar-refractivity contribution is 5.79. The van der Waals surface area contributed by atoms with Crippen LogP contribution in [-0.2, 0) is 28.7 Å². The maximum absolute atomic E-state index is 13.0. The molecule has 1 amide bonds. The molecule has 5 nitrogen and oxygen atoms in total. The van der Waals surface area contributed by atoms with Gasteiger partial charge in [-0.25, -0.2) is 0 Å². The van der Waals surface area contributed by atoms with Crippen LogP contribution in [0.5, 0.6) is 0 Å². The van der Waals surface area contributed by atoms with Gasteiger partial charge >= 0.3 is 6.18 Å². The molecule has 180 valence electrons. The summed E-state index contributed by atoms with van der Waals surface area (Å²) in [4.78, 5) is 18.7. The fourth-order valence-electron chi connectivity index (χ4n) is 4.82. The van der Waals surface area contributed by atoms with E-state index >= 15 is 0 Å². The van der Waals surface area contributed by atoms with Crippen LogP contribution in [0.2, 0.25) is 0 Å². The molecule has 2 fully saturated rings. The standard InChI is InChI=1S/C21H28F3N3O2.C3H8/c1-13-12-29-7-5-18(13)26-17-3-2-14(9-17)20(28)27-6-4-19-15(11-27)8-16(10-25-19)21(22,23)24;1-3-2/h8,10,13-14,17-18,26H,2-7,9,11-12H2,1H3;3H2,1-2H3. The molecule has 1 aromatic heterocycles. The molecule has 0 bridgehead atoms. The second kappa shape index (κ2) is 11.0. The molecule has 1 saturated heterocycles. The van der Waals surface area contributed by atoms with Crippen LogP contribution < -0.4 is 5.32 Å². The van der Waals surface area contributed by atoms with Gasteiger partial charge in [0.25, 0.3) is 0 Å². The topological polar surface area (TPSA) is 54.5 Å². The first kappa shape index (κ1) is 25.0. The Kier molecular flexibility index (Phi) is 8.55. The van der Waals surface area contributed by atoms with E-state index in [4.69, 9.17) is 4.74 Å². The van der Waals surface area contributed by atoms with Crippen molar-refractivity contribution < 1.29 is 22.7 Å². The van der Waals surface area contributed by atoms with Crippen molar-refractivity contribution in [3.63, 3.8) is 0 Å². The van der Waals surface area contributed by atoms with Crippen molar-refractivity contribution in [3.8, 4) is 0 Å². The van der Waals surface area contributed by atoms with E-state index in [1.54, 1.807) is 4.90 Å². The average Bonchev–Trinajstić information content (AvgIpc) is 3.22. The number of aromatic nitrogens is 1. The van der Waals surface area contributed by atoms with Gasteiger partial charge in [0, 0.05) is 56.0 Å². The molecule has 0 spiro atoms. The molecule has 4 unspecified atom stereocenters. The van der Waals surface area contributed by atoms with E-state index < -0.39 is 11.7 Å². The smallest absolute Gasteiger partial charge is 0.381 e. The normalized spacial score (nSPS) is 28.0. The van der Waals surface area contributed by atoms with Crippen LogP contribution >= 0.6 is 0 Å². The minimum absolute atomic E-state index is 0.0528. The van der Waals surface area contributed by atoms with Crippen molar-refractivity contribution in [1.29, 1.82) is 0 Å². The first-order valence-corrected chi connectivity index (χ1v) is 11.9. The first-order chi connectivity index (χ1) is 15.2. The lowest BCUT2D eigenvalue weighted by molar-refractivity contribution is -0.137. The first-order valence-electron chi connectivity index (χ1n) is 11.9. The van der Waals surface area contributed by atoms with E-state index in [1.807, 2.05) is 0 Å². The van der Waals surface area contributed by atoms with E-state index in [9.17, 15) is 18.0 Å². The van der Waals surface area contributed by atoms with E-state index in [1.165, 1.54) is 6.42 Å². The van der Waals surface area contributed by atoms with Crippen molar-refractivity contribution in [1.82, 2.24) is 15.2 Å². The van der Waals surface area contributed by atoms with Gasteiger partial charge in [-0.2, -0.15) is 13.2 Å². The molecule has 2 aliphatic heterocycles. The maximum Gasteiger partial charge on any atom is 0.417 e. The number of nitrogens with zero attached hydrogens (tertiary/aromatic N) is 2. The highest BCUT2D eigenvalue weighted by Gasteiger charge is 2.37. The number of halogens is 3. The summed E-state index contributed by atoms with van der Waals surface area (Å²) in [5.41, 5.74) is 0.436. The third-order valence-electron chi connectivity index (χ3n) is 6.55. The third kappa shape index (κ3) is 6.22. The Hall–Kier alpha value is -1.67. The third-order valence-corrected chi connectivity index (χ3v) is 6.55. The van der Waals surface area contributed by atoms with Crippen LogP contribution in [0.3, 0.4) is 0 Å². The zero-order valence-corrected chi connectivity index (χ0v) is 19.4. The molecule has 32 heavy (non-hydrogen) atoms. The molecule has 0 aromatic carbocycles. The van der Waals surface area contributed by atoms with Crippen molar-refractivity contribution in [2.24, 2.45) is 11.8 Å². The lowest BCUT2D eigenvalue weighted by Gasteiger charge is -2.33. The van der Waals surface area contributed by atoms with Crippen molar-refractivity contribution >= 4 is 5.91 Å². The Bertz CT molecular complexity index is 771. The molecule has 4 rings (SSSR count). The number of amides is 1. The highest BCUT2D eigenvalue weighted by Crippen LogP contribution is 2.33. The summed E-state index contributed by atoms with van der Waals surface area (Å²) in [5.74, 6) is 0.479. The molecule has 3 aliphatic rings. The molecule has 1 aliphatic carbocycles. The number of carbonyl (C=O) groups is 1. The number of fused-ring (bicyclic) bond motifs is 1. The summed E-state index contributed by atoms with van der Waals surface area (Å²) in [7, 11) is 0. The van der Waals surface area contributed by atoms with Crippen molar-refractivity contribution in [2.75, 3.05) is 19.8 Å². The molecular formula is C24H36F3N3O2. The molecule has 4 atom stereocenters. The van der Waals surface area contributed by atoms with Gasteiger partial charge in [-0.3, -0.25) is 9.78 Å². The number of hydrogen-bond acceptors (Lipinski definition) is 4. The summed E-state index contributed by atoms with van der Waals surface area (Å²) in [6.45, 7) is 8.72. The minimum Gasteiger partial charge on any atom is -0.381 e. The zero-order valence-electron chi connectivity index (χ0n) is 19.4. The van der Waals surface area contributed by atoms with Crippen LogP contribution in [0.25, 0.3) is 0 Å². The van der Waals surface area contributed by atoms with E-state index in [2.05, 4.69) is 31.1 Å². The number of carbonyl (C=O) groups excluding carboxylic acids is 1. The molecule has 3 heterocycles. The van der Waals surface area contributed by atoms with Crippen LogP contribution in [0.1, 0.15) is 69.7 Å². The Morgan fingerprint density at radius 1 is 1.28 bits per heavy atom. The lowest BCUT2D eigenvalue weighted by atomic mass is 9.96. The second-order valence-corrected chi connectivity index (χ2v) is 9.37. The molecule has 1 saturated carbocycles. The van der Waals surface area contributed by atoms with Crippen molar-refractivity contribution in [2.45, 2.75) is 84.1 Å². The Morgan fingerprint density at radius 3 is 2.72 bits per heavy atom. The molecule has 0 radical (unpaired) electrons. The minimum atomic E-state index is -4.42. The van der Waals surface area contributed by atoms with Crippen molar-refractivity contribution in [3.05, 3.63) is 29.1 Å². The predicted molar refractivity (Wildman–Crippen MR) is 117 cm³/mol. The molecule has 8 heteroatoms. The second-order valence-electron chi connectivity index (χ2n) is 9.37. The quantitative estimate of drug-likeness (QED) is 0.725. The summed E-state index contributed by atoms with van der Waals surface area (Å²) >= 11 is 0. The molecule has 1 aromatic rings. The van der Waals surface area contributed by atoms with Crippen LogP contribution in [0.15, 0.2) is 12.3 Å². The summed E-state index contributed by atoms with van der Waals surface area (Å²) in [6.07, 6.45) is 1.82. The fraction of sp³-hybridized carbons (Fsp3) is 0.750. The van der Waals surface area contributed by atoms with Gasteiger partial charge in [-0.15, -0.1) is 0 Å². The molecule has 1 N–H and O–H groups in total. The summed E-state index contributed by atoms with van der Waals surface area (Å²) in [6, 6.07) is 1.90. The van der Waals surface area contributed by atoms with E-state index in [0.717, 1.165) is 51.2 Å². The fourth-order valence-corrected chi connectivity index (χ4v) is 4.82. The number of hydrogen-bond donors (Lipinski definition) is 1. The number of ether oxygens (including phenoxy) is 1. The largest absolute Gasteiger partial charge is 0.417 e. The SMILES string of the molecule is CC1COCCC1NC1CCC(C(=O)N2CCc3ncc(C(F)(F)F)cc3C2)C1.CCC. The number of rotatable bonds is 3. The van der Waals surface area contributed by atoms with Crippen LogP contribution in [0, 0.1) is 11.8 Å². The number of nitrogens with one attached hydrogen (secondary N) is 1. The van der Waals surface area contributed by atoms with Gasteiger partial charge in [0.1, 0.15) is 0 Å².